The van der Waals surface area contributed by atoms with E-state index < -0.39 is 0 Å². The molecule has 0 bridgehead atoms. The topological polar surface area (TPSA) is 9.23 Å². The number of benzene rings is 2. The van der Waals surface area contributed by atoms with E-state index in [0.717, 1.165) is 28.1 Å². The van der Waals surface area contributed by atoms with E-state index in [1.165, 1.54) is 11.1 Å². The molecule has 0 aliphatic heterocycles. The number of halogens is 2. The zero-order valence-electron chi connectivity index (χ0n) is 11.7. The van der Waals surface area contributed by atoms with Crippen LogP contribution in [-0.2, 0) is 6.42 Å². The molecule has 0 aromatic heterocycles. The van der Waals surface area contributed by atoms with E-state index in [9.17, 15) is 0 Å². The summed E-state index contributed by atoms with van der Waals surface area (Å²) < 4.78 is 5.44. The van der Waals surface area contributed by atoms with Gasteiger partial charge < -0.3 is 4.74 Å². The summed E-state index contributed by atoms with van der Waals surface area (Å²) >= 11 is 9.75. The molecule has 0 fully saturated rings. The van der Waals surface area contributed by atoms with E-state index in [4.69, 9.17) is 16.3 Å². The summed E-state index contributed by atoms with van der Waals surface area (Å²) in [6, 6.07) is 14.3. The Balaban J connectivity index is 2.31. The predicted molar refractivity (Wildman–Crippen MR) is 89.4 cm³/mol. The molecule has 2 rings (SSSR count). The summed E-state index contributed by atoms with van der Waals surface area (Å²) in [7, 11) is 1.70. The van der Waals surface area contributed by atoms with Crippen LogP contribution in [0.2, 0.25) is 5.02 Å². The van der Waals surface area contributed by atoms with Crippen LogP contribution in [0.3, 0.4) is 0 Å². The van der Waals surface area contributed by atoms with Gasteiger partial charge in [-0.15, -0.1) is 0 Å². The minimum Gasteiger partial charge on any atom is -0.496 e. The molecule has 0 heterocycles. The van der Waals surface area contributed by atoms with E-state index in [1.54, 1.807) is 7.11 Å². The molecule has 1 unspecified atom stereocenters. The van der Waals surface area contributed by atoms with Crippen LogP contribution in [0.15, 0.2) is 42.5 Å². The second kappa shape index (κ2) is 7.14. The van der Waals surface area contributed by atoms with Crippen LogP contribution < -0.4 is 4.74 Å². The molecule has 0 spiro atoms. The molecule has 0 saturated carbocycles. The van der Waals surface area contributed by atoms with Gasteiger partial charge in [0.2, 0.25) is 0 Å². The number of rotatable bonds is 5. The first-order valence-corrected chi connectivity index (χ1v) is 8.09. The van der Waals surface area contributed by atoms with Crippen LogP contribution in [0.25, 0.3) is 0 Å². The fourth-order valence-corrected chi connectivity index (χ4v) is 3.24. The second-order valence-electron chi connectivity index (χ2n) is 4.87. The van der Waals surface area contributed by atoms with Crippen molar-refractivity contribution >= 4 is 27.5 Å². The highest BCUT2D eigenvalue weighted by Gasteiger charge is 2.15. The molecule has 2 aromatic carbocycles. The lowest BCUT2D eigenvalue weighted by molar-refractivity contribution is 0.408. The Morgan fingerprint density at radius 3 is 2.60 bits per heavy atom. The van der Waals surface area contributed by atoms with E-state index in [-0.39, 0.29) is 0 Å². The first-order chi connectivity index (χ1) is 9.65. The van der Waals surface area contributed by atoms with Crippen molar-refractivity contribution in [3.63, 3.8) is 0 Å². The minimum absolute atomic E-state index is 0.406. The van der Waals surface area contributed by atoms with E-state index in [1.807, 2.05) is 18.2 Å². The maximum Gasteiger partial charge on any atom is 0.122 e. The number of alkyl halides is 1. The van der Waals surface area contributed by atoms with Crippen molar-refractivity contribution in [2.45, 2.75) is 19.3 Å². The smallest absolute Gasteiger partial charge is 0.122 e. The van der Waals surface area contributed by atoms with Crippen molar-refractivity contribution in [1.29, 1.82) is 0 Å². The molecule has 0 amide bonds. The maximum absolute atomic E-state index is 6.11. The zero-order chi connectivity index (χ0) is 14.5. The standard InChI is InChI=1S/C17H18BrClO/c1-12-5-3-4-6-16(12)14(11-18)9-13-10-15(19)7-8-17(13)20-2/h3-8,10,14H,9,11H2,1-2H3. The van der Waals surface area contributed by atoms with Gasteiger partial charge in [0.25, 0.3) is 0 Å². The summed E-state index contributed by atoms with van der Waals surface area (Å²) in [5.74, 6) is 1.30. The highest BCUT2D eigenvalue weighted by atomic mass is 79.9. The molecular weight excluding hydrogens is 336 g/mol. The Morgan fingerprint density at radius 1 is 1.20 bits per heavy atom. The lowest BCUT2D eigenvalue weighted by atomic mass is 9.90. The highest BCUT2D eigenvalue weighted by Crippen LogP contribution is 2.31. The average molecular weight is 354 g/mol. The number of methoxy groups -OCH3 is 1. The third kappa shape index (κ3) is 3.56. The van der Waals surface area contributed by atoms with E-state index in [0.29, 0.717) is 5.92 Å². The lowest BCUT2D eigenvalue weighted by Crippen LogP contribution is -2.07. The van der Waals surface area contributed by atoms with Gasteiger partial charge in [0.05, 0.1) is 7.11 Å². The normalized spacial score (nSPS) is 12.2. The quantitative estimate of drug-likeness (QED) is 0.656. The number of hydrogen-bond acceptors (Lipinski definition) is 1. The molecule has 0 aliphatic rings. The van der Waals surface area contributed by atoms with Crippen molar-refractivity contribution in [2.75, 3.05) is 12.4 Å². The van der Waals surface area contributed by atoms with Crippen LogP contribution in [0.1, 0.15) is 22.6 Å². The van der Waals surface area contributed by atoms with Crippen molar-refractivity contribution in [2.24, 2.45) is 0 Å². The number of hydrogen-bond donors (Lipinski definition) is 0. The summed E-state index contributed by atoms with van der Waals surface area (Å²) in [5, 5.41) is 1.66. The van der Waals surface area contributed by atoms with Gasteiger partial charge in [-0.2, -0.15) is 0 Å². The van der Waals surface area contributed by atoms with Gasteiger partial charge >= 0.3 is 0 Å². The van der Waals surface area contributed by atoms with Gasteiger partial charge in [-0.1, -0.05) is 51.8 Å². The summed E-state index contributed by atoms with van der Waals surface area (Å²) in [6.45, 7) is 2.15. The lowest BCUT2D eigenvalue weighted by Gasteiger charge is -2.19. The summed E-state index contributed by atoms with van der Waals surface area (Å²) in [6.07, 6.45) is 0.903. The molecule has 106 valence electrons. The number of aryl methyl sites for hydroxylation is 1. The molecule has 2 aromatic rings. The van der Waals surface area contributed by atoms with Crippen LogP contribution in [0.5, 0.6) is 5.75 Å². The van der Waals surface area contributed by atoms with Crippen LogP contribution in [0, 0.1) is 6.92 Å². The Kier molecular flexibility index (Phi) is 5.50. The third-order valence-electron chi connectivity index (χ3n) is 3.52. The first-order valence-electron chi connectivity index (χ1n) is 6.59. The first kappa shape index (κ1) is 15.4. The average Bonchev–Trinajstić information content (AvgIpc) is 2.46. The molecule has 20 heavy (non-hydrogen) atoms. The molecule has 3 heteroatoms. The predicted octanol–water partition coefficient (Wildman–Crippen LogP) is 5.38. The van der Waals surface area contributed by atoms with Crippen molar-refractivity contribution in [1.82, 2.24) is 0 Å². The van der Waals surface area contributed by atoms with Gasteiger partial charge in [-0.3, -0.25) is 0 Å². The molecule has 1 nitrogen and oxygen atoms in total. The van der Waals surface area contributed by atoms with Gasteiger partial charge in [0.1, 0.15) is 5.75 Å². The molecule has 0 N–H and O–H groups in total. The van der Waals surface area contributed by atoms with Gasteiger partial charge in [-0.05, 0) is 54.2 Å². The molecule has 1 atom stereocenters. The van der Waals surface area contributed by atoms with Crippen molar-refractivity contribution in [3.8, 4) is 5.75 Å². The Morgan fingerprint density at radius 2 is 1.95 bits per heavy atom. The monoisotopic (exact) mass is 352 g/mol. The van der Waals surface area contributed by atoms with Gasteiger partial charge in [-0.25, -0.2) is 0 Å². The fourth-order valence-electron chi connectivity index (χ4n) is 2.46. The minimum atomic E-state index is 0.406. The Hall–Kier alpha value is -0.990. The van der Waals surface area contributed by atoms with Gasteiger partial charge in [0, 0.05) is 10.4 Å². The third-order valence-corrected chi connectivity index (χ3v) is 4.54. The molecule has 0 saturated heterocycles. The summed E-state index contributed by atoms with van der Waals surface area (Å²) in [4.78, 5) is 0. The van der Waals surface area contributed by atoms with Crippen molar-refractivity contribution in [3.05, 3.63) is 64.2 Å². The fraction of sp³-hybridized carbons (Fsp3) is 0.294. The van der Waals surface area contributed by atoms with Crippen LogP contribution >= 0.6 is 27.5 Å². The molecular formula is C17H18BrClO. The van der Waals surface area contributed by atoms with Crippen LogP contribution in [0.4, 0.5) is 0 Å². The zero-order valence-corrected chi connectivity index (χ0v) is 14.0. The second-order valence-corrected chi connectivity index (χ2v) is 5.95. The highest BCUT2D eigenvalue weighted by molar-refractivity contribution is 9.09. The SMILES string of the molecule is COc1ccc(Cl)cc1CC(CBr)c1ccccc1C. The maximum atomic E-state index is 6.11. The molecule has 0 aliphatic carbocycles. The Bertz CT molecular complexity index is 583. The van der Waals surface area contributed by atoms with Crippen LogP contribution in [-0.4, -0.2) is 12.4 Å². The van der Waals surface area contributed by atoms with Crippen molar-refractivity contribution < 1.29 is 4.74 Å². The Labute approximate surface area is 134 Å². The number of ether oxygens (including phenoxy) is 1. The van der Waals surface area contributed by atoms with E-state index >= 15 is 0 Å². The summed E-state index contributed by atoms with van der Waals surface area (Å²) in [5.41, 5.74) is 3.83. The largest absolute Gasteiger partial charge is 0.496 e. The molecule has 0 radical (unpaired) electrons. The van der Waals surface area contributed by atoms with Gasteiger partial charge in [0.15, 0.2) is 0 Å². The van der Waals surface area contributed by atoms with E-state index in [2.05, 4.69) is 47.1 Å².